The highest BCUT2D eigenvalue weighted by atomic mass is 79.9. The van der Waals surface area contributed by atoms with E-state index in [0.717, 1.165) is 29.7 Å². The van der Waals surface area contributed by atoms with Crippen LogP contribution in [0.5, 0.6) is 5.75 Å². The second-order valence-corrected chi connectivity index (χ2v) is 3.62. The van der Waals surface area contributed by atoms with Crippen molar-refractivity contribution in [3.63, 3.8) is 0 Å². The zero-order valence-corrected chi connectivity index (χ0v) is 7.73. The Morgan fingerprint density at radius 1 is 1.36 bits per heavy atom. The Hall–Kier alpha value is -0.500. The molecule has 58 valence electrons. The Kier molecular flexibility index (Phi) is 1.86. The molecule has 1 aliphatic heterocycles. The summed E-state index contributed by atoms with van der Waals surface area (Å²) in [5.41, 5.74) is 1.33. The summed E-state index contributed by atoms with van der Waals surface area (Å²) < 4.78 is 6.57. The molecule has 1 aliphatic rings. The van der Waals surface area contributed by atoms with E-state index in [4.69, 9.17) is 4.74 Å². The van der Waals surface area contributed by atoms with Crippen LogP contribution < -0.4 is 4.74 Å². The molecule has 0 bridgehead atoms. The van der Waals surface area contributed by atoms with Crippen LogP contribution in [0.15, 0.2) is 22.7 Å². The van der Waals surface area contributed by atoms with Gasteiger partial charge in [-0.1, -0.05) is 22.0 Å². The first-order valence-electron chi connectivity index (χ1n) is 3.77. The zero-order chi connectivity index (χ0) is 7.68. The quantitative estimate of drug-likeness (QED) is 0.643. The highest BCUT2D eigenvalue weighted by Gasteiger charge is 2.08. The number of ether oxygens (including phenoxy) is 1. The molecule has 0 spiro atoms. The van der Waals surface area contributed by atoms with Crippen LogP contribution >= 0.6 is 15.9 Å². The normalized spacial score (nSPS) is 15.4. The van der Waals surface area contributed by atoms with Crippen molar-refractivity contribution < 1.29 is 4.74 Å². The van der Waals surface area contributed by atoms with Crippen LogP contribution in [0.3, 0.4) is 0 Å². The van der Waals surface area contributed by atoms with Gasteiger partial charge in [-0.15, -0.1) is 0 Å². The fraction of sp³-hybridized carbons (Fsp3) is 0.333. The molecular formula is C9H9BrO. The molecule has 1 aromatic rings. The monoisotopic (exact) mass is 212 g/mol. The van der Waals surface area contributed by atoms with Crippen LogP contribution in [-0.2, 0) is 6.42 Å². The maximum absolute atomic E-state index is 5.47. The highest BCUT2D eigenvalue weighted by Crippen LogP contribution is 2.27. The highest BCUT2D eigenvalue weighted by molar-refractivity contribution is 9.10. The molecule has 0 atom stereocenters. The molecule has 0 amide bonds. The predicted molar refractivity (Wildman–Crippen MR) is 48.0 cm³/mol. The molecule has 0 saturated heterocycles. The van der Waals surface area contributed by atoms with E-state index in [1.165, 1.54) is 5.56 Å². The van der Waals surface area contributed by atoms with Gasteiger partial charge in [0.1, 0.15) is 5.75 Å². The van der Waals surface area contributed by atoms with Gasteiger partial charge < -0.3 is 4.74 Å². The van der Waals surface area contributed by atoms with E-state index in [9.17, 15) is 0 Å². The number of benzene rings is 1. The van der Waals surface area contributed by atoms with E-state index in [-0.39, 0.29) is 0 Å². The van der Waals surface area contributed by atoms with Gasteiger partial charge in [0.2, 0.25) is 0 Å². The lowest BCUT2D eigenvalue weighted by molar-refractivity contribution is 0.288. The molecule has 2 rings (SSSR count). The number of aryl methyl sites for hydroxylation is 1. The number of fused-ring (bicyclic) bond motifs is 1. The lowest BCUT2D eigenvalue weighted by Crippen LogP contribution is -2.07. The number of rotatable bonds is 0. The molecule has 0 unspecified atom stereocenters. The fourth-order valence-electron chi connectivity index (χ4n) is 1.31. The Morgan fingerprint density at radius 2 is 2.27 bits per heavy atom. The topological polar surface area (TPSA) is 9.23 Å². The van der Waals surface area contributed by atoms with Gasteiger partial charge >= 0.3 is 0 Å². The molecule has 0 aromatic heterocycles. The maximum Gasteiger partial charge on any atom is 0.123 e. The summed E-state index contributed by atoms with van der Waals surface area (Å²) in [6, 6.07) is 6.22. The SMILES string of the molecule is Brc1ccc2c(c1)OCCC2. The Balaban J connectivity index is 2.43. The largest absolute Gasteiger partial charge is 0.493 e. The van der Waals surface area contributed by atoms with Crippen molar-refractivity contribution in [3.8, 4) is 5.75 Å². The first-order valence-corrected chi connectivity index (χ1v) is 4.57. The van der Waals surface area contributed by atoms with Crippen LogP contribution in [0.25, 0.3) is 0 Å². The Morgan fingerprint density at radius 3 is 3.18 bits per heavy atom. The van der Waals surface area contributed by atoms with E-state index >= 15 is 0 Å². The Labute approximate surface area is 74.5 Å². The van der Waals surface area contributed by atoms with E-state index in [1.807, 2.05) is 6.07 Å². The van der Waals surface area contributed by atoms with Crippen molar-refractivity contribution in [1.29, 1.82) is 0 Å². The van der Waals surface area contributed by atoms with Crippen LogP contribution in [0.2, 0.25) is 0 Å². The van der Waals surface area contributed by atoms with E-state index in [0.29, 0.717) is 0 Å². The van der Waals surface area contributed by atoms with E-state index in [2.05, 4.69) is 28.1 Å². The first-order chi connectivity index (χ1) is 5.36. The van der Waals surface area contributed by atoms with Crippen molar-refractivity contribution in [1.82, 2.24) is 0 Å². The third kappa shape index (κ3) is 1.41. The molecule has 1 aromatic carbocycles. The van der Waals surface area contributed by atoms with Gasteiger partial charge in [0, 0.05) is 4.47 Å². The van der Waals surface area contributed by atoms with Crippen LogP contribution in [0.4, 0.5) is 0 Å². The number of hydrogen-bond acceptors (Lipinski definition) is 1. The summed E-state index contributed by atoms with van der Waals surface area (Å²) in [4.78, 5) is 0. The average Bonchev–Trinajstić information content (AvgIpc) is 2.04. The second-order valence-electron chi connectivity index (χ2n) is 2.70. The fourth-order valence-corrected chi connectivity index (χ4v) is 1.65. The summed E-state index contributed by atoms with van der Waals surface area (Å²) in [5, 5.41) is 0. The minimum atomic E-state index is 0.865. The summed E-state index contributed by atoms with van der Waals surface area (Å²) >= 11 is 3.41. The van der Waals surface area contributed by atoms with Gasteiger partial charge in [-0.2, -0.15) is 0 Å². The second kappa shape index (κ2) is 2.86. The van der Waals surface area contributed by atoms with E-state index in [1.54, 1.807) is 0 Å². The van der Waals surface area contributed by atoms with Gasteiger partial charge in [0.15, 0.2) is 0 Å². The summed E-state index contributed by atoms with van der Waals surface area (Å²) in [7, 11) is 0. The third-order valence-corrected chi connectivity index (χ3v) is 2.37. The molecule has 0 N–H and O–H groups in total. The van der Waals surface area contributed by atoms with Crippen LogP contribution in [0, 0.1) is 0 Å². The molecule has 0 radical (unpaired) electrons. The van der Waals surface area contributed by atoms with Crippen LogP contribution in [0.1, 0.15) is 12.0 Å². The zero-order valence-electron chi connectivity index (χ0n) is 6.14. The van der Waals surface area contributed by atoms with Crippen molar-refractivity contribution in [2.75, 3.05) is 6.61 Å². The molecule has 1 nitrogen and oxygen atoms in total. The first kappa shape index (κ1) is 7.17. The molecule has 11 heavy (non-hydrogen) atoms. The molecule has 2 heteroatoms. The standard InChI is InChI=1S/C9H9BrO/c10-8-4-3-7-2-1-5-11-9(7)6-8/h3-4,6H,1-2,5H2. The molecular weight excluding hydrogens is 204 g/mol. The van der Waals surface area contributed by atoms with Gasteiger partial charge in [0.25, 0.3) is 0 Å². The third-order valence-electron chi connectivity index (χ3n) is 1.88. The minimum Gasteiger partial charge on any atom is -0.493 e. The molecule has 0 saturated carbocycles. The van der Waals surface area contributed by atoms with Crippen LogP contribution in [-0.4, -0.2) is 6.61 Å². The lowest BCUT2D eigenvalue weighted by atomic mass is 10.1. The van der Waals surface area contributed by atoms with Gasteiger partial charge in [-0.3, -0.25) is 0 Å². The lowest BCUT2D eigenvalue weighted by Gasteiger charge is -2.16. The van der Waals surface area contributed by atoms with Gasteiger partial charge in [0.05, 0.1) is 6.61 Å². The van der Waals surface area contributed by atoms with Crippen molar-refractivity contribution in [2.45, 2.75) is 12.8 Å². The van der Waals surface area contributed by atoms with Crippen molar-refractivity contribution in [3.05, 3.63) is 28.2 Å². The molecule has 1 heterocycles. The average molecular weight is 213 g/mol. The van der Waals surface area contributed by atoms with Gasteiger partial charge in [-0.05, 0) is 30.5 Å². The smallest absolute Gasteiger partial charge is 0.123 e. The minimum absolute atomic E-state index is 0.865. The number of hydrogen-bond donors (Lipinski definition) is 0. The molecule has 0 fully saturated rings. The molecule has 0 aliphatic carbocycles. The maximum atomic E-state index is 5.47. The Bertz CT molecular complexity index is 270. The predicted octanol–water partition coefficient (Wildman–Crippen LogP) is 2.77. The summed E-state index contributed by atoms with van der Waals surface area (Å²) in [6.07, 6.45) is 2.30. The summed E-state index contributed by atoms with van der Waals surface area (Å²) in [6.45, 7) is 0.865. The van der Waals surface area contributed by atoms with Gasteiger partial charge in [-0.25, -0.2) is 0 Å². The van der Waals surface area contributed by atoms with Crippen molar-refractivity contribution in [2.24, 2.45) is 0 Å². The number of halogens is 1. The van der Waals surface area contributed by atoms with E-state index < -0.39 is 0 Å². The van der Waals surface area contributed by atoms with Crippen molar-refractivity contribution >= 4 is 15.9 Å². The summed E-state index contributed by atoms with van der Waals surface area (Å²) in [5.74, 6) is 1.05.